The molecule has 0 aromatic rings. The SMILES string of the molecule is CCCC(CC)(CN)NCCC1CCC1. The second-order valence-corrected chi connectivity index (χ2v) is 5.10. The first kappa shape index (κ1) is 13.0. The van der Waals surface area contributed by atoms with Gasteiger partial charge in [0.2, 0.25) is 0 Å². The number of nitrogens with one attached hydrogen (secondary N) is 1. The van der Waals surface area contributed by atoms with Gasteiger partial charge in [0.15, 0.2) is 0 Å². The van der Waals surface area contributed by atoms with E-state index in [1.165, 1.54) is 38.5 Å². The van der Waals surface area contributed by atoms with Crippen molar-refractivity contribution in [3.63, 3.8) is 0 Å². The number of rotatable bonds is 8. The Labute approximate surface area is 95.0 Å². The van der Waals surface area contributed by atoms with Gasteiger partial charge in [-0.15, -0.1) is 0 Å². The van der Waals surface area contributed by atoms with Crippen molar-refractivity contribution in [2.45, 2.75) is 64.3 Å². The standard InChI is InChI=1S/C13H28N2/c1-3-9-13(4-2,11-14)15-10-8-12-6-5-7-12/h12,15H,3-11,14H2,1-2H3. The third-order valence-electron chi connectivity index (χ3n) is 4.07. The highest BCUT2D eigenvalue weighted by molar-refractivity contribution is 4.87. The molecule has 0 aromatic heterocycles. The molecule has 0 spiro atoms. The smallest absolute Gasteiger partial charge is 0.0301 e. The molecule has 0 aromatic carbocycles. The molecule has 1 atom stereocenters. The van der Waals surface area contributed by atoms with Crippen LogP contribution >= 0.6 is 0 Å². The van der Waals surface area contributed by atoms with Crippen molar-refractivity contribution in [1.82, 2.24) is 5.32 Å². The molecule has 0 saturated heterocycles. The second kappa shape index (κ2) is 6.49. The first-order chi connectivity index (χ1) is 7.26. The van der Waals surface area contributed by atoms with Crippen LogP contribution in [0.1, 0.15) is 58.8 Å². The maximum atomic E-state index is 5.91. The molecule has 1 aliphatic carbocycles. The fraction of sp³-hybridized carbons (Fsp3) is 1.00. The lowest BCUT2D eigenvalue weighted by molar-refractivity contribution is 0.250. The van der Waals surface area contributed by atoms with E-state index in [9.17, 15) is 0 Å². The normalized spacial score (nSPS) is 21.0. The Morgan fingerprint density at radius 2 is 2.07 bits per heavy atom. The number of hydrogen-bond donors (Lipinski definition) is 2. The summed E-state index contributed by atoms with van der Waals surface area (Å²) in [5.41, 5.74) is 6.13. The topological polar surface area (TPSA) is 38.0 Å². The minimum absolute atomic E-state index is 0.221. The Kier molecular flexibility index (Phi) is 5.62. The second-order valence-electron chi connectivity index (χ2n) is 5.10. The average Bonchev–Trinajstić information content (AvgIpc) is 2.20. The van der Waals surface area contributed by atoms with E-state index in [2.05, 4.69) is 19.2 Å². The summed E-state index contributed by atoms with van der Waals surface area (Å²) in [5.74, 6) is 1.01. The fourth-order valence-electron chi connectivity index (χ4n) is 2.51. The third-order valence-corrected chi connectivity index (χ3v) is 4.07. The molecule has 1 rings (SSSR count). The first-order valence-electron chi connectivity index (χ1n) is 6.71. The summed E-state index contributed by atoms with van der Waals surface area (Å²) in [6.07, 6.45) is 9.31. The Morgan fingerprint density at radius 3 is 2.47 bits per heavy atom. The Morgan fingerprint density at radius 1 is 1.33 bits per heavy atom. The van der Waals surface area contributed by atoms with Crippen LogP contribution in [0.15, 0.2) is 0 Å². The van der Waals surface area contributed by atoms with Crippen LogP contribution in [0.5, 0.6) is 0 Å². The zero-order valence-electron chi connectivity index (χ0n) is 10.5. The van der Waals surface area contributed by atoms with Crippen molar-refractivity contribution in [2.75, 3.05) is 13.1 Å². The van der Waals surface area contributed by atoms with Crippen molar-refractivity contribution < 1.29 is 0 Å². The van der Waals surface area contributed by atoms with E-state index in [1.54, 1.807) is 0 Å². The van der Waals surface area contributed by atoms with Gasteiger partial charge in [0.25, 0.3) is 0 Å². The molecule has 90 valence electrons. The van der Waals surface area contributed by atoms with Crippen LogP contribution in [0.25, 0.3) is 0 Å². The first-order valence-corrected chi connectivity index (χ1v) is 6.71. The summed E-state index contributed by atoms with van der Waals surface area (Å²) in [5, 5.41) is 3.71. The summed E-state index contributed by atoms with van der Waals surface area (Å²) in [7, 11) is 0. The summed E-state index contributed by atoms with van der Waals surface area (Å²) in [6.45, 7) is 6.43. The molecule has 3 N–H and O–H groups in total. The Bertz CT molecular complexity index is 160. The highest BCUT2D eigenvalue weighted by atomic mass is 15.0. The number of nitrogens with two attached hydrogens (primary N) is 1. The van der Waals surface area contributed by atoms with E-state index in [-0.39, 0.29) is 5.54 Å². The lowest BCUT2D eigenvalue weighted by atomic mass is 9.82. The molecule has 1 saturated carbocycles. The predicted molar refractivity (Wildman–Crippen MR) is 66.9 cm³/mol. The van der Waals surface area contributed by atoms with Gasteiger partial charge in [-0.2, -0.15) is 0 Å². The molecular formula is C13H28N2. The van der Waals surface area contributed by atoms with Gasteiger partial charge in [-0.05, 0) is 31.7 Å². The third kappa shape index (κ3) is 3.76. The van der Waals surface area contributed by atoms with Gasteiger partial charge in [-0.1, -0.05) is 39.5 Å². The summed E-state index contributed by atoms with van der Waals surface area (Å²) < 4.78 is 0. The Hall–Kier alpha value is -0.0800. The van der Waals surface area contributed by atoms with Crippen molar-refractivity contribution in [1.29, 1.82) is 0 Å². The molecule has 2 nitrogen and oxygen atoms in total. The molecule has 1 unspecified atom stereocenters. The monoisotopic (exact) mass is 212 g/mol. The summed E-state index contributed by atoms with van der Waals surface area (Å²) in [6, 6.07) is 0. The van der Waals surface area contributed by atoms with E-state index in [0.29, 0.717) is 0 Å². The maximum absolute atomic E-state index is 5.91. The molecule has 0 aliphatic heterocycles. The van der Waals surface area contributed by atoms with Gasteiger partial charge < -0.3 is 11.1 Å². The average molecular weight is 212 g/mol. The molecule has 0 radical (unpaired) electrons. The minimum Gasteiger partial charge on any atom is -0.329 e. The molecule has 15 heavy (non-hydrogen) atoms. The van der Waals surface area contributed by atoms with Crippen LogP contribution in [0.3, 0.4) is 0 Å². The predicted octanol–water partition coefficient (Wildman–Crippen LogP) is 2.67. The lowest BCUT2D eigenvalue weighted by Crippen LogP contribution is -2.51. The van der Waals surface area contributed by atoms with Gasteiger partial charge in [-0.3, -0.25) is 0 Å². The van der Waals surface area contributed by atoms with Crippen LogP contribution in [0.4, 0.5) is 0 Å². The summed E-state index contributed by atoms with van der Waals surface area (Å²) >= 11 is 0. The van der Waals surface area contributed by atoms with Crippen molar-refractivity contribution in [2.24, 2.45) is 11.7 Å². The van der Waals surface area contributed by atoms with Crippen LogP contribution in [-0.2, 0) is 0 Å². The zero-order valence-corrected chi connectivity index (χ0v) is 10.5. The quantitative estimate of drug-likeness (QED) is 0.649. The molecule has 0 heterocycles. The lowest BCUT2D eigenvalue weighted by Gasteiger charge is -2.34. The van der Waals surface area contributed by atoms with E-state index < -0.39 is 0 Å². The van der Waals surface area contributed by atoms with Gasteiger partial charge >= 0.3 is 0 Å². The molecule has 0 amide bonds. The Balaban J connectivity index is 2.22. The number of hydrogen-bond acceptors (Lipinski definition) is 2. The van der Waals surface area contributed by atoms with Gasteiger partial charge in [0.1, 0.15) is 0 Å². The minimum atomic E-state index is 0.221. The van der Waals surface area contributed by atoms with Crippen LogP contribution in [0.2, 0.25) is 0 Å². The highest BCUT2D eigenvalue weighted by Crippen LogP contribution is 2.29. The van der Waals surface area contributed by atoms with Crippen LogP contribution in [-0.4, -0.2) is 18.6 Å². The van der Waals surface area contributed by atoms with Crippen molar-refractivity contribution in [3.05, 3.63) is 0 Å². The fourth-order valence-corrected chi connectivity index (χ4v) is 2.51. The van der Waals surface area contributed by atoms with Crippen LogP contribution < -0.4 is 11.1 Å². The van der Waals surface area contributed by atoms with Gasteiger partial charge in [-0.25, -0.2) is 0 Å². The van der Waals surface area contributed by atoms with Crippen molar-refractivity contribution >= 4 is 0 Å². The highest BCUT2D eigenvalue weighted by Gasteiger charge is 2.25. The van der Waals surface area contributed by atoms with Gasteiger partial charge in [0, 0.05) is 12.1 Å². The van der Waals surface area contributed by atoms with Crippen molar-refractivity contribution in [3.8, 4) is 0 Å². The maximum Gasteiger partial charge on any atom is 0.0301 e. The molecular weight excluding hydrogens is 184 g/mol. The molecule has 2 heteroatoms. The van der Waals surface area contributed by atoms with E-state index in [1.807, 2.05) is 0 Å². The molecule has 1 aliphatic rings. The van der Waals surface area contributed by atoms with E-state index >= 15 is 0 Å². The van der Waals surface area contributed by atoms with Crippen LogP contribution in [0, 0.1) is 5.92 Å². The van der Waals surface area contributed by atoms with Gasteiger partial charge in [0.05, 0.1) is 0 Å². The largest absolute Gasteiger partial charge is 0.329 e. The molecule has 0 bridgehead atoms. The zero-order chi connectivity index (χ0) is 11.1. The van der Waals surface area contributed by atoms with E-state index in [4.69, 9.17) is 5.73 Å². The van der Waals surface area contributed by atoms with E-state index in [0.717, 1.165) is 25.4 Å². The summed E-state index contributed by atoms with van der Waals surface area (Å²) in [4.78, 5) is 0. The molecule has 1 fully saturated rings.